The van der Waals surface area contributed by atoms with Crippen LogP contribution in [0.2, 0.25) is 0 Å². The van der Waals surface area contributed by atoms with Gasteiger partial charge in [0.2, 0.25) is 17.8 Å². The number of benzene rings is 2. The zero-order chi connectivity index (χ0) is 13.9. The van der Waals surface area contributed by atoms with Gasteiger partial charge in [-0.1, -0.05) is 36.4 Å². The predicted molar refractivity (Wildman–Crippen MR) is 82.2 cm³/mol. The molecule has 3 rings (SSSR count). The highest BCUT2D eigenvalue weighted by molar-refractivity contribution is 7.80. The lowest BCUT2D eigenvalue weighted by Gasteiger charge is -2.03. The summed E-state index contributed by atoms with van der Waals surface area (Å²) in [4.78, 5) is 13.2. The molecule has 0 amide bonds. The van der Waals surface area contributed by atoms with Gasteiger partial charge >= 0.3 is 0 Å². The van der Waals surface area contributed by atoms with Crippen molar-refractivity contribution >= 4 is 29.3 Å². The topological polar surface area (TPSA) is 20.9 Å². The Bertz CT molecular complexity index is 768. The zero-order valence-corrected chi connectivity index (χ0v) is 11.8. The normalized spacial score (nSPS) is 10.7. The molecule has 0 bridgehead atoms. The molecule has 0 saturated heterocycles. The minimum Gasteiger partial charge on any atom is -0.287 e. The number of aromatic nitrogens is 1. The summed E-state index contributed by atoms with van der Waals surface area (Å²) < 4.78 is 1.96. The van der Waals surface area contributed by atoms with Crippen molar-refractivity contribution in [2.75, 3.05) is 0 Å². The van der Waals surface area contributed by atoms with Crippen LogP contribution in [0.15, 0.2) is 71.8 Å². The van der Waals surface area contributed by atoms with Gasteiger partial charge in [-0.3, -0.25) is 4.79 Å². The second-order valence-electron chi connectivity index (χ2n) is 4.64. The maximum Gasteiger partial charge on any atom is 0.227 e. The molecule has 0 spiro atoms. The second kappa shape index (κ2) is 5.47. The van der Waals surface area contributed by atoms with Crippen molar-refractivity contribution in [2.45, 2.75) is 11.4 Å². The lowest BCUT2D eigenvalue weighted by molar-refractivity contribution is -0.657. The average molecular weight is 280 g/mol. The summed E-state index contributed by atoms with van der Waals surface area (Å²) in [5, 5.41) is 1.05. The SMILES string of the molecule is O=C(C[n+]1cccc2c(S)cccc21)c1ccccc1. The number of Topliss-reactive ketones (excluding diaryl/α,β-unsaturated/α-hetero) is 1. The molecule has 98 valence electrons. The first kappa shape index (κ1) is 12.9. The Morgan fingerprint density at radius 2 is 1.75 bits per heavy atom. The lowest BCUT2D eigenvalue weighted by Crippen LogP contribution is -2.38. The lowest BCUT2D eigenvalue weighted by atomic mass is 10.1. The van der Waals surface area contributed by atoms with E-state index in [0.717, 1.165) is 21.4 Å². The summed E-state index contributed by atoms with van der Waals surface area (Å²) in [7, 11) is 0. The Labute approximate surface area is 123 Å². The van der Waals surface area contributed by atoms with Crippen molar-refractivity contribution in [3.63, 3.8) is 0 Å². The molecule has 0 aliphatic heterocycles. The van der Waals surface area contributed by atoms with E-state index in [0.29, 0.717) is 6.54 Å². The van der Waals surface area contributed by atoms with Gasteiger partial charge in [-0.2, -0.15) is 4.57 Å². The summed E-state index contributed by atoms with van der Waals surface area (Å²) in [6.07, 6.45) is 1.93. The van der Waals surface area contributed by atoms with E-state index in [9.17, 15) is 4.79 Å². The van der Waals surface area contributed by atoms with Gasteiger partial charge in [0.15, 0.2) is 6.20 Å². The van der Waals surface area contributed by atoms with Crippen LogP contribution in [0.4, 0.5) is 0 Å². The Hall–Kier alpha value is -2.13. The summed E-state index contributed by atoms with van der Waals surface area (Å²) in [6, 6.07) is 19.2. The number of hydrogen-bond donors (Lipinski definition) is 1. The number of ketones is 1. The van der Waals surface area contributed by atoms with E-state index >= 15 is 0 Å². The van der Waals surface area contributed by atoms with Crippen molar-refractivity contribution in [2.24, 2.45) is 0 Å². The van der Waals surface area contributed by atoms with E-state index in [1.165, 1.54) is 0 Å². The highest BCUT2D eigenvalue weighted by Crippen LogP contribution is 2.18. The number of fused-ring (bicyclic) bond motifs is 1. The van der Waals surface area contributed by atoms with Crippen LogP contribution in [0.25, 0.3) is 10.9 Å². The van der Waals surface area contributed by atoms with E-state index in [-0.39, 0.29) is 5.78 Å². The monoisotopic (exact) mass is 280 g/mol. The van der Waals surface area contributed by atoms with Gasteiger partial charge in [0.25, 0.3) is 0 Å². The Kier molecular flexibility index (Phi) is 3.52. The molecule has 0 aliphatic carbocycles. The zero-order valence-electron chi connectivity index (χ0n) is 10.9. The summed E-state index contributed by atoms with van der Waals surface area (Å²) in [6.45, 7) is 0.332. The Balaban J connectivity index is 2.00. The number of carbonyl (C=O) groups is 1. The molecule has 20 heavy (non-hydrogen) atoms. The largest absolute Gasteiger partial charge is 0.287 e. The first-order valence-corrected chi connectivity index (χ1v) is 6.89. The molecule has 3 heteroatoms. The summed E-state index contributed by atoms with van der Waals surface area (Å²) in [5.74, 6) is 0.104. The van der Waals surface area contributed by atoms with E-state index < -0.39 is 0 Å². The van der Waals surface area contributed by atoms with Crippen LogP contribution in [-0.2, 0) is 6.54 Å². The summed E-state index contributed by atoms with van der Waals surface area (Å²) >= 11 is 4.46. The van der Waals surface area contributed by atoms with Crippen LogP contribution in [0, 0.1) is 0 Å². The van der Waals surface area contributed by atoms with Crippen molar-refractivity contribution in [1.29, 1.82) is 0 Å². The number of hydrogen-bond acceptors (Lipinski definition) is 2. The van der Waals surface area contributed by atoms with E-state index in [1.807, 2.05) is 71.4 Å². The smallest absolute Gasteiger partial charge is 0.227 e. The second-order valence-corrected chi connectivity index (χ2v) is 5.12. The molecule has 0 atom stereocenters. The van der Waals surface area contributed by atoms with Gasteiger partial charge in [-0.15, -0.1) is 12.6 Å². The van der Waals surface area contributed by atoms with E-state index in [4.69, 9.17) is 0 Å². The van der Waals surface area contributed by atoms with Gasteiger partial charge < -0.3 is 0 Å². The third-order valence-electron chi connectivity index (χ3n) is 3.31. The number of carbonyl (C=O) groups excluding carboxylic acids is 1. The maximum absolute atomic E-state index is 12.3. The summed E-state index contributed by atoms with van der Waals surface area (Å²) in [5.41, 5.74) is 1.75. The van der Waals surface area contributed by atoms with Crippen molar-refractivity contribution in [3.05, 3.63) is 72.4 Å². The minimum atomic E-state index is 0.104. The van der Waals surface area contributed by atoms with Crippen molar-refractivity contribution < 1.29 is 9.36 Å². The van der Waals surface area contributed by atoms with Crippen LogP contribution in [0.3, 0.4) is 0 Å². The van der Waals surface area contributed by atoms with Crippen LogP contribution in [-0.4, -0.2) is 5.78 Å². The minimum absolute atomic E-state index is 0.104. The molecule has 0 radical (unpaired) electrons. The maximum atomic E-state index is 12.3. The number of thiol groups is 1. The average Bonchev–Trinajstić information content (AvgIpc) is 2.49. The molecule has 1 aromatic heterocycles. The highest BCUT2D eigenvalue weighted by Gasteiger charge is 2.15. The van der Waals surface area contributed by atoms with Gasteiger partial charge in [0, 0.05) is 22.6 Å². The molecule has 2 nitrogen and oxygen atoms in total. The third kappa shape index (κ3) is 2.45. The fraction of sp³-hybridized carbons (Fsp3) is 0.0588. The number of nitrogens with zero attached hydrogens (tertiary/aromatic N) is 1. The first-order chi connectivity index (χ1) is 9.75. The first-order valence-electron chi connectivity index (χ1n) is 6.44. The van der Waals surface area contributed by atoms with Gasteiger partial charge in [0.1, 0.15) is 0 Å². The molecule has 0 aliphatic rings. The standard InChI is InChI=1S/C17H13NOS/c19-16(13-6-2-1-3-7-13)12-18-11-5-8-14-15(18)9-4-10-17(14)20/h1-11H,12H2/p+1. The van der Waals surface area contributed by atoms with Gasteiger partial charge in [0.05, 0.1) is 5.39 Å². The van der Waals surface area contributed by atoms with Gasteiger partial charge in [-0.05, 0) is 12.1 Å². The fourth-order valence-corrected chi connectivity index (χ4v) is 2.57. The molecular weight excluding hydrogens is 266 g/mol. The van der Waals surface area contributed by atoms with E-state index in [2.05, 4.69) is 12.6 Å². The molecular formula is C17H14NOS+. The van der Waals surface area contributed by atoms with Crippen molar-refractivity contribution in [1.82, 2.24) is 0 Å². The third-order valence-corrected chi connectivity index (χ3v) is 3.70. The molecule has 0 fully saturated rings. The molecule has 0 N–H and O–H groups in total. The fourth-order valence-electron chi connectivity index (χ4n) is 2.29. The van der Waals surface area contributed by atoms with Crippen LogP contribution >= 0.6 is 12.6 Å². The Morgan fingerprint density at radius 3 is 2.55 bits per heavy atom. The predicted octanol–water partition coefficient (Wildman–Crippen LogP) is 3.30. The molecule has 1 heterocycles. The van der Waals surface area contributed by atoms with Crippen LogP contribution in [0.5, 0.6) is 0 Å². The molecule has 3 aromatic rings. The quantitative estimate of drug-likeness (QED) is 0.443. The van der Waals surface area contributed by atoms with Gasteiger partial charge in [-0.25, -0.2) is 0 Å². The highest BCUT2D eigenvalue weighted by atomic mass is 32.1. The molecule has 0 saturated carbocycles. The van der Waals surface area contributed by atoms with E-state index in [1.54, 1.807) is 0 Å². The number of rotatable bonds is 3. The molecule has 2 aromatic carbocycles. The van der Waals surface area contributed by atoms with Crippen molar-refractivity contribution in [3.8, 4) is 0 Å². The number of pyridine rings is 1. The van der Waals surface area contributed by atoms with Crippen LogP contribution < -0.4 is 4.57 Å². The van der Waals surface area contributed by atoms with Crippen LogP contribution in [0.1, 0.15) is 10.4 Å². The Morgan fingerprint density at radius 1 is 0.950 bits per heavy atom. The molecule has 0 unspecified atom stereocenters.